The molecule has 0 radical (unpaired) electrons. The number of hydrogen-bond acceptors (Lipinski definition) is 3. The number of benzene rings is 1. The van der Waals surface area contributed by atoms with Crippen LogP contribution in [0.25, 0.3) is 0 Å². The van der Waals surface area contributed by atoms with Crippen LogP contribution in [0.4, 0.5) is 0 Å². The van der Waals surface area contributed by atoms with Crippen molar-refractivity contribution in [1.82, 2.24) is 10.6 Å². The second-order valence-corrected chi connectivity index (χ2v) is 4.97. The van der Waals surface area contributed by atoms with E-state index < -0.39 is 0 Å². The zero-order valence-corrected chi connectivity index (χ0v) is 10.9. The van der Waals surface area contributed by atoms with E-state index in [1.165, 1.54) is 6.07 Å². The molecule has 0 bridgehead atoms. The van der Waals surface area contributed by atoms with Gasteiger partial charge in [0.05, 0.1) is 0 Å². The third kappa shape index (κ3) is 2.82. The van der Waals surface area contributed by atoms with Crippen LogP contribution in [0.3, 0.4) is 0 Å². The predicted octanol–water partition coefficient (Wildman–Crippen LogP) is 1.57. The van der Waals surface area contributed by atoms with Gasteiger partial charge in [-0.25, -0.2) is 0 Å². The fourth-order valence-electron chi connectivity index (χ4n) is 2.24. The Morgan fingerprint density at radius 2 is 2.28 bits per heavy atom. The van der Waals surface area contributed by atoms with E-state index in [1.54, 1.807) is 12.1 Å². The lowest BCUT2D eigenvalue weighted by atomic mass is 9.99. The fourth-order valence-corrected chi connectivity index (χ4v) is 2.24. The van der Waals surface area contributed by atoms with E-state index in [0.29, 0.717) is 11.6 Å². The second-order valence-electron chi connectivity index (χ2n) is 4.97. The third-order valence-corrected chi connectivity index (χ3v) is 3.55. The molecule has 1 aliphatic rings. The molecule has 1 heterocycles. The summed E-state index contributed by atoms with van der Waals surface area (Å²) in [6.07, 6.45) is 2.08. The van der Waals surface area contributed by atoms with Crippen LogP contribution in [-0.2, 0) is 0 Å². The molecule has 0 saturated carbocycles. The van der Waals surface area contributed by atoms with Crippen molar-refractivity contribution in [2.75, 3.05) is 6.54 Å². The van der Waals surface area contributed by atoms with Crippen molar-refractivity contribution in [2.24, 2.45) is 0 Å². The van der Waals surface area contributed by atoms with E-state index in [4.69, 9.17) is 0 Å². The summed E-state index contributed by atoms with van der Waals surface area (Å²) in [7, 11) is 0. The number of rotatable bonds is 2. The Hall–Kier alpha value is -1.55. The largest absolute Gasteiger partial charge is 0.508 e. The lowest BCUT2D eigenvalue weighted by Gasteiger charge is -2.30. The van der Waals surface area contributed by atoms with Gasteiger partial charge in [0, 0.05) is 17.6 Å². The number of nitrogens with one attached hydrogen (secondary N) is 2. The molecule has 1 amide bonds. The average molecular weight is 248 g/mol. The molecule has 2 atom stereocenters. The third-order valence-electron chi connectivity index (χ3n) is 3.55. The van der Waals surface area contributed by atoms with E-state index in [1.807, 2.05) is 6.92 Å². The minimum Gasteiger partial charge on any atom is -0.508 e. The Labute approximate surface area is 107 Å². The average Bonchev–Trinajstić information content (AvgIpc) is 2.35. The topological polar surface area (TPSA) is 61.4 Å². The van der Waals surface area contributed by atoms with Crippen molar-refractivity contribution in [1.29, 1.82) is 0 Å². The summed E-state index contributed by atoms with van der Waals surface area (Å²) in [6, 6.07) is 5.47. The number of carbonyl (C=O) groups excluding carboxylic acids is 1. The number of piperidine rings is 1. The van der Waals surface area contributed by atoms with Gasteiger partial charge in [0.15, 0.2) is 0 Å². The summed E-state index contributed by atoms with van der Waals surface area (Å²) in [4.78, 5) is 12.1. The highest BCUT2D eigenvalue weighted by Gasteiger charge is 2.22. The van der Waals surface area contributed by atoms with Gasteiger partial charge in [-0.1, -0.05) is 6.07 Å². The Morgan fingerprint density at radius 3 is 2.94 bits per heavy atom. The van der Waals surface area contributed by atoms with Crippen LogP contribution < -0.4 is 10.6 Å². The maximum absolute atomic E-state index is 12.1. The van der Waals surface area contributed by atoms with Gasteiger partial charge in [-0.3, -0.25) is 4.79 Å². The number of carbonyl (C=O) groups is 1. The fraction of sp³-hybridized carbons (Fsp3) is 0.500. The predicted molar refractivity (Wildman–Crippen MR) is 70.8 cm³/mol. The molecule has 1 fully saturated rings. The zero-order valence-electron chi connectivity index (χ0n) is 10.9. The number of phenols is 1. The standard InChI is InChI=1S/C14H20N2O2/c1-9-5-6-11(8-13(9)17)14(18)16-12-4-3-7-15-10(12)2/h5-6,8,10,12,15,17H,3-4,7H2,1-2H3,(H,16,18). The molecular weight excluding hydrogens is 228 g/mol. The highest BCUT2D eigenvalue weighted by molar-refractivity contribution is 5.94. The zero-order chi connectivity index (χ0) is 13.1. The van der Waals surface area contributed by atoms with Gasteiger partial charge in [0.1, 0.15) is 5.75 Å². The van der Waals surface area contributed by atoms with Crippen molar-refractivity contribution in [3.8, 4) is 5.75 Å². The molecule has 1 aromatic rings. The van der Waals surface area contributed by atoms with Gasteiger partial charge < -0.3 is 15.7 Å². The lowest BCUT2D eigenvalue weighted by Crippen LogP contribution is -2.51. The van der Waals surface area contributed by atoms with Gasteiger partial charge in [0.25, 0.3) is 5.91 Å². The Balaban J connectivity index is 2.04. The van der Waals surface area contributed by atoms with Gasteiger partial charge in [-0.05, 0) is 50.9 Å². The molecule has 4 nitrogen and oxygen atoms in total. The minimum absolute atomic E-state index is 0.120. The van der Waals surface area contributed by atoms with E-state index in [9.17, 15) is 9.90 Å². The molecular formula is C14H20N2O2. The van der Waals surface area contributed by atoms with Crippen LogP contribution in [0.2, 0.25) is 0 Å². The quantitative estimate of drug-likeness (QED) is 0.744. The first-order chi connectivity index (χ1) is 8.58. The number of aromatic hydroxyl groups is 1. The minimum atomic E-state index is -0.120. The summed E-state index contributed by atoms with van der Waals surface area (Å²) < 4.78 is 0. The van der Waals surface area contributed by atoms with Crippen LogP contribution in [0, 0.1) is 6.92 Å². The van der Waals surface area contributed by atoms with Crippen molar-refractivity contribution in [3.05, 3.63) is 29.3 Å². The maximum atomic E-state index is 12.1. The van der Waals surface area contributed by atoms with Crippen molar-refractivity contribution in [2.45, 2.75) is 38.8 Å². The van der Waals surface area contributed by atoms with Gasteiger partial charge in [-0.2, -0.15) is 0 Å². The second kappa shape index (κ2) is 5.40. The van der Waals surface area contributed by atoms with E-state index in [0.717, 1.165) is 24.9 Å². The van der Waals surface area contributed by atoms with Crippen LogP contribution in [0.15, 0.2) is 18.2 Å². The van der Waals surface area contributed by atoms with Gasteiger partial charge in [-0.15, -0.1) is 0 Å². The van der Waals surface area contributed by atoms with Crippen LogP contribution in [-0.4, -0.2) is 29.6 Å². The van der Waals surface area contributed by atoms with Crippen molar-refractivity contribution in [3.63, 3.8) is 0 Å². The van der Waals surface area contributed by atoms with Gasteiger partial charge >= 0.3 is 0 Å². The Bertz CT molecular complexity index is 445. The SMILES string of the molecule is Cc1ccc(C(=O)NC2CCCNC2C)cc1O. The van der Waals surface area contributed by atoms with Crippen LogP contribution in [0.5, 0.6) is 5.75 Å². The highest BCUT2D eigenvalue weighted by Crippen LogP contribution is 2.18. The molecule has 2 rings (SSSR count). The lowest BCUT2D eigenvalue weighted by molar-refractivity contribution is 0.0919. The monoisotopic (exact) mass is 248 g/mol. The molecule has 3 N–H and O–H groups in total. The molecule has 1 aliphatic heterocycles. The summed E-state index contributed by atoms with van der Waals surface area (Å²) >= 11 is 0. The smallest absolute Gasteiger partial charge is 0.251 e. The molecule has 2 unspecified atom stereocenters. The summed E-state index contributed by atoms with van der Waals surface area (Å²) in [5.74, 6) is 0.0447. The molecule has 18 heavy (non-hydrogen) atoms. The number of amides is 1. The number of aryl methyl sites for hydroxylation is 1. The van der Waals surface area contributed by atoms with E-state index in [-0.39, 0.29) is 17.7 Å². The first kappa shape index (κ1) is 12.9. The molecule has 1 saturated heterocycles. The Kier molecular flexibility index (Phi) is 3.87. The van der Waals surface area contributed by atoms with E-state index in [2.05, 4.69) is 17.6 Å². The van der Waals surface area contributed by atoms with Crippen LogP contribution >= 0.6 is 0 Å². The van der Waals surface area contributed by atoms with E-state index >= 15 is 0 Å². The maximum Gasteiger partial charge on any atom is 0.251 e. The summed E-state index contributed by atoms with van der Waals surface area (Å²) in [6.45, 7) is 4.90. The first-order valence-corrected chi connectivity index (χ1v) is 6.42. The Morgan fingerprint density at radius 1 is 1.50 bits per heavy atom. The number of phenolic OH excluding ortho intramolecular Hbond substituents is 1. The normalized spacial score (nSPS) is 23.7. The molecule has 4 heteroatoms. The molecule has 98 valence electrons. The molecule has 1 aromatic carbocycles. The molecule has 0 aliphatic carbocycles. The summed E-state index contributed by atoms with van der Waals surface area (Å²) in [5, 5.41) is 16.0. The van der Waals surface area contributed by atoms with Crippen LogP contribution in [0.1, 0.15) is 35.7 Å². The first-order valence-electron chi connectivity index (χ1n) is 6.42. The number of hydrogen-bond donors (Lipinski definition) is 3. The van der Waals surface area contributed by atoms with Crippen molar-refractivity contribution >= 4 is 5.91 Å². The molecule has 0 spiro atoms. The highest BCUT2D eigenvalue weighted by atomic mass is 16.3. The van der Waals surface area contributed by atoms with Crippen molar-refractivity contribution < 1.29 is 9.90 Å². The van der Waals surface area contributed by atoms with Gasteiger partial charge in [0.2, 0.25) is 0 Å². The molecule has 0 aromatic heterocycles. The summed E-state index contributed by atoms with van der Waals surface area (Å²) in [5.41, 5.74) is 1.29.